The predicted octanol–water partition coefficient (Wildman–Crippen LogP) is 2.20. The number of anilines is 1. The Bertz CT molecular complexity index is 698. The molecule has 0 bridgehead atoms. The minimum Gasteiger partial charge on any atom is -0.468 e. The van der Waals surface area contributed by atoms with Gasteiger partial charge in [-0.15, -0.1) is 10.2 Å². The number of aryl methyl sites for hydroxylation is 1. The Morgan fingerprint density at radius 3 is 3.13 bits per heavy atom. The molecule has 2 aliphatic heterocycles. The van der Waals surface area contributed by atoms with Crippen molar-refractivity contribution in [3.8, 4) is 5.88 Å². The average molecular weight is 336 g/mol. The molecule has 0 N–H and O–H groups in total. The van der Waals surface area contributed by atoms with Gasteiger partial charge in [-0.3, -0.25) is 0 Å². The van der Waals surface area contributed by atoms with E-state index in [-0.39, 0.29) is 24.1 Å². The number of nitrogens with zero attached hydrogens (tertiary/aromatic N) is 4. The van der Waals surface area contributed by atoms with Crippen molar-refractivity contribution in [1.82, 2.24) is 15.2 Å². The van der Waals surface area contributed by atoms with Gasteiger partial charge in [-0.25, -0.2) is 9.37 Å². The normalized spacial score (nSPS) is 27.0. The van der Waals surface area contributed by atoms with E-state index < -0.39 is 5.82 Å². The molecule has 0 amide bonds. The van der Waals surface area contributed by atoms with Crippen LogP contribution in [-0.4, -0.2) is 46.6 Å². The van der Waals surface area contributed by atoms with Gasteiger partial charge in [0.25, 0.3) is 5.88 Å². The standard InChI is InChI=1S/C15H17FN4O2S/c1-9-18-19-15(23-9)20-8-12(13-11(20)5-3-7-21-13)22-14-10(16)4-2-6-17-14/h2,4,6,11-13H,3,5,7-8H2,1H3/t11-,12-,13+/m1/s1. The first-order valence-corrected chi connectivity index (χ1v) is 8.49. The Morgan fingerprint density at radius 2 is 2.35 bits per heavy atom. The second-order valence-electron chi connectivity index (χ2n) is 5.75. The smallest absolute Gasteiger partial charge is 0.250 e. The van der Waals surface area contributed by atoms with E-state index in [2.05, 4.69) is 20.1 Å². The summed E-state index contributed by atoms with van der Waals surface area (Å²) < 4.78 is 25.6. The number of rotatable bonds is 3. The van der Waals surface area contributed by atoms with Crippen molar-refractivity contribution in [1.29, 1.82) is 0 Å². The van der Waals surface area contributed by atoms with Crippen molar-refractivity contribution in [2.45, 2.75) is 38.0 Å². The molecular weight excluding hydrogens is 319 g/mol. The molecule has 4 rings (SSSR count). The average Bonchev–Trinajstić information content (AvgIpc) is 3.14. The van der Waals surface area contributed by atoms with Crippen molar-refractivity contribution < 1.29 is 13.9 Å². The van der Waals surface area contributed by atoms with Crippen LogP contribution in [0.4, 0.5) is 9.52 Å². The number of aromatic nitrogens is 3. The number of hydrogen-bond acceptors (Lipinski definition) is 7. The molecule has 2 aromatic heterocycles. The zero-order chi connectivity index (χ0) is 15.8. The van der Waals surface area contributed by atoms with Crippen LogP contribution < -0.4 is 9.64 Å². The molecular formula is C15H17FN4O2S. The van der Waals surface area contributed by atoms with Crippen LogP contribution in [0.25, 0.3) is 0 Å². The number of fused-ring (bicyclic) bond motifs is 1. The molecule has 122 valence electrons. The molecule has 6 nitrogen and oxygen atoms in total. The highest BCUT2D eigenvalue weighted by Crippen LogP contribution is 2.36. The van der Waals surface area contributed by atoms with Crippen LogP contribution >= 0.6 is 11.3 Å². The molecule has 4 heterocycles. The zero-order valence-electron chi connectivity index (χ0n) is 12.7. The van der Waals surface area contributed by atoms with Gasteiger partial charge in [0.1, 0.15) is 17.2 Å². The number of halogens is 1. The first-order chi connectivity index (χ1) is 11.2. The number of ether oxygens (including phenoxy) is 2. The van der Waals surface area contributed by atoms with Crippen molar-refractivity contribution in [3.63, 3.8) is 0 Å². The van der Waals surface area contributed by atoms with Gasteiger partial charge in [-0.05, 0) is 31.9 Å². The fraction of sp³-hybridized carbons (Fsp3) is 0.533. The summed E-state index contributed by atoms with van der Waals surface area (Å²) in [5, 5.41) is 10.1. The first-order valence-electron chi connectivity index (χ1n) is 7.68. The van der Waals surface area contributed by atoms with Gasteiger partial charge in [0, 0.05) is 12.8 Å². The van der Waals surface area contributed by atoms with Gasteiger partial charge in [-0.1, -0.05) is 11.3 Å². The second kappa shape index (κ2) is 6.01. The first kappa shape index (κ1) is 14.8. The van der Waals surface area contributed by atoms with E-state index in [9.17, 15) is 4.39 Å². The summed E-state index contributed by atoms with van der Waals surface area (Å²) in [5.41, 5.74) is 0. The molecule has 2 saturated heterocycles. The summed E-state index contributed by atoms with van der Waals surface area (Å²) in [6, 6.07) is 3.09. The summed E-state index contributed by atoms with van der Waals surface area (Å²) in [7, 11) is 0. The Labute approximate surface area is 137 Å². The maximum absolute atomic E-state index is 13.8. The molecule has 0 spiro atoms. The Morgan fingerprint density at radius 1 is 1.43 bits per heavy atom. The lowest BCUT2D eigenvalue weighted by Crippen LogP contribution is -2.42. The molecule has 23 heavy (non-hydrogen) atoms. The monoisotopic (exact) mass is 336 g/mol. The summed E-state index contributed by atoms with van der Waals surface area (Å²) in [6.07, 6.45) is 3.16. The Kier molecular flexibility index (Phi) is 3.86. The van der Waals surface area contributed by atoms with E-state index in [0.717, 1.165) is 23.0 Å². The van der Waals surface area contributed by atoms with Crippen LogP contribution in [0.3, 0.4) is 0 Å². The quantitative estimate of drug-likeness (QED) is 0.856. The van der Waals surface area contributed by atoms with Gasteiger partial charge in [-0.2, -0.15) is 0 Å². The van der Waals surface area contributed by atoms with Crippen molar-refractivity contribution in [2.75, 3.05) is 18.1 Å². The van der Waals surface area contributed by atoms with Gasteiger partial charge < -0.3 is 14.4 Å². The lowest BCUT2D eigenvalue weighted by Gasteiger charge is -2.31. The second-order valence-corrected chi connectivity index (χ2v) is 6.91. The molecule has 8 heteroatoms. The molecule has 0 unspecified atom stereocenters. The van der Waals surface area contributed by atoms with Crippen molar-refractivity contribution in [2.24, 2.45) is 0 Å². The van der Waals surface area contributed by atoms with E-state index in [1.807, 2.05) is 6.92 Å². The molecule has 2 aromatic rings. The molecule has 0 aliphatic carbocycles. The lowest BCUT2D eigenvalue weighted by atomic mass is 10.0. The van der Waals surface area contributed by atoms with Crippen LogP contribution in [-0.2, 0) is 4.74 Å². The maximum atomic E-state index is 13.8. The molecule has 0 radical (unpaired) electrons. The van der Waals surface area contributed by atoms with Crippen LogP contribution in [0.1, 0.15) is 17.8 Å². The van der Waals surface area contributed by atoms with E-state index in [1.165, 1.54) is 12.3 Å². The number of pyridine rings is 1. The predicted molar refractivity (Wildman–Crippen MR) is 83.4 cm³/mol. The van der Waals surface area contributed by atoms with E-state index >= 15 is 0 Å². The van der Waals surface area contributed by atoms with Gasteiger partial charge in [0.2, 0.25) is 5.13 Å². The third kappa shape index (κ3) is 2.76. The SMILES string of the molecule is Cc1nnc(N2C[C@@H](Oc3ncccc3F)[C@H]3OCCC[C@H]32)s1. The Hall–Kier alpha value is -1.80. The zero-order valence-corrected chi connectivity index (χ0v) is 13.5. The summed E-state index contributed by atoms with van der Waals surface area (Å²) in [5.74, 6) is -0.425. The minimum atomic E-state index is -0.454. The van der Waals surface area contributed by atoms with Crippen LogP contribution in [0, 0.1) is 12.7 Å². The van der Waals surface area contributed by atoms with Gasteiger partial charge in [0.05, 0.1) is 12.6 Å². The maximum Gasteiger partial charge on any atom is 0.250 e. The molecule has 0 aromatic carbocycles. The molecule has 2 aliphatic rings. The topological polar surface area (TPSA) is 60.4 Å². The van der Waals surface area contributed by atoms with Crippen LogP contribution in [0.5, 0.6) is 5.88 Å². The minimum absolute atomic E-state index is 0.0284. The fourth-order valence-corrected chi connectivity index (χ4v) is 3.99. The number of hydrogen-bond donors (Lipinski definition) is 0. The van der Waals surface area contributed by atoms with Gasteiger partial charge in [0.15, 0.2) is 5.82 Å². The third-order valence-electron chi connectivity index (χ3n) is 4.23. The van der Waals surface area contributed by atoms with Crippen LogP contribution in [0.15, 0.2) is 18.3 Å². The van der Waals surface area contributed by atoms with Crippen LogP contribution in [0.2, 0.25) is 0 Å². The fourth-order valence-electron chi connectivity index (χ4n) is 3.24. The van der Waals surface area contributed by atoms with Gasteiger partial charge >= 0.3 is 0 Å². The Balaban J connectivity index is 1.59. The molecule has 2 fully saturated rings. The summed E-state index contributed by atoms with van der Waals surface area (Å²) in [6.45, 7) is 3.23. The summed E-state index contributed by atoms with van der Waals surface area (Å²) in [4.78, 5) is 6.17. The van der Waals surface area contributed by atoms with Crippen molar-refractivity contribution >= 4 is 16.5 Å². The third-order valence-corrected chi connectivity index (χ3v) is 5.10. The molecule has 0 saturated carbocycles. The van der Waals surface area contributed by atoms with E-state index in [0.29, 0.717) is 13.2 Å². The van der Waals surface area contributed by atoms with E-state index in [4.69, 9.17) is 9.47 Å². The molecule has 3 atom stereocenters. The highest BCUT2D eigenvalue weighted by molar-refractivity contribution is 7.15. The highest BCUT2D eigenvalue weighted by Gasteiger charge is 2.47. The van der Waals surface area contributed by atoms with Crippen molar-refractivity contribution in [3.05, 3.63) is 29.2 Å². The summed E-state index contributed by atoms with van der Waals surface area (Å²) >= 11 is 1.56. The van der Waals surface area contributed by atoms with E-state index in [1.54, 1.807) is 17.4 Å². The largest absolute Gasteiger partial charge is 0.468 e. The highest BCUT2D eigenvalue weighted by atomic mass is 32.1. The lowest BCUT2D eigenvalue weighted by molar-refractivity contribution is -0.0381.